The number of aromatic nitrogens is 2. The molecule has 164 valence electrons. The highest BCUT2D eigenvalue weighted by Crippen LogP contribution is 2.33. The Morgan fingerprint density at radius 3 is 1.91 bits per heavy atom. The Balaban J connectivity index is 1.88. The molecule has 0 radical (unpaired) electrons. The van der Waals surface area contributed by atoms with Crippen molar-refractivity contribution >= 4 is 15.7 Å². The van der Waals surface area contributed by atoms with E-state index in [1.807, 2.05) is 112 Å². The molecule has 6 heteroatoms. The summed E-state index contributed by atoms with van der Waals surface area (Å²) in [5, 5.41) is 4.71. The molecule has 0 spiro atoms. The Hall–Kier alpha value is -3.38. The minimum atomic E-state index is -3.90. The molecule has 32 heavy (non-hydrogen) atoms. The number of benzene rings is 3. The van der Waals surface area contributed by atoms with Crippen LogP contribution in [0.4, 0.5) is 5.69 Å². The molecule has 0 N–H and O–H groups in total. The van der Waals surface area contributed by atoms with Gasteiger partial charge in [0.2, 0.25) is 0 Å². The average Bonchev–Trinajstić information content (AvgIpc) is 3.27. The van der Waals surface area contributed by atoms with Crippen LogP contribution in [0.5, 0.6) is 0 Å². The minimum Gasteiger partial charge on any atom is -0.262 e. The van der Waals surface area contributed by atoms with E-state index in [9.17, 15) is 8.42 Å². The molecule has 0 fully saturated rings. The second kappa shape index (κ2) is 8.63. The first-order chi connectivity index (χ1) is 15.3. The van der Waals surface area contributed by atoms with Crippen molar-refractivity contribution in [1.82, 2.24) is 9.78 Å². The van der Waals surface area contributed by atoms with Gasteiger partial charge < -0.3 is 0 Å². The predicted octanol–water partition coefficient (Wildman–Crippen LogP) is 5.57. The molecule has 4 rings (SSSR count). The standard InChI is InChI=1S/C26H27N3O2S/c1-26(2,3)25-24(20-28(27-25)22-15-9-5-10-16-22)32(30,31)29(23-17-11-6-12-18-23)19-21-13-7-4-8-14-21/h4-18,20H,19H2,1-3H3. The SMILES string of the molecule is CC(C)(C)c1nn(-c2ccccc2)cc1S(=O)(=O)N(Cc1ccccc1)c1ccccc1. The number of anilines is 1. The molecule has 3 aromatic carbocycles. The second-order valence-electron chi connectivity index (χ2n) is 8.70. The van der Waals surface area contributed by atoms with Gasteiger partial charge in [-0.3, -0.25) is 4.31 Å². The number of hydrogen-bond donors (Lipinski definition) is 0. The van der Waals surface area contributed by atoms with E-state index < -0.39 is 15.4 Å². The topological polar surface area (TPSA) is 55.2 Å². The van der Waals surface area contributed by atoms with Crippen LogP contribution in [0.3, 0.4) is 0 Å². The summed E-state index contributed by atoms with van der Waals surface area (Å²) in [4.78, 5) is 0.216. The lowest BCUT2D eigenvalue weighted by atomic mass is 9.92. The van der Waals surface area contributed by atoms with Gasteiger partial charge in [-0.15, -0.1) is 0 Å². The number of para-hydroxylation sites is 2. The summed E-state index contributed by atoms with van der Waals surface area (Å²) < 4.78 is 31.4. The molecule has 0 saturated heterocycles. The van der Waals surface area contributed by atoms with E-state index in [-0.39, 0.29) is 11.4 Å². The summed E-state index contributed by atoms with van der Waals surface area (Å²) in [7, 11) is -3.90. The first kappa shape index (κ1) is 21.8. The van der Waals surface area contributed by atoms with E-state index in [0.717, 1.165) is 11.3 Å². The molecule has 4 aromatic rings. The maximum Gasteiger partial charge on any atom is 0.268 e. The Bertz CT molecular complexity index is 1280. The van der Waals surface area contributed by atoms with Crippen LogP contribution in [0.1, 0.15) is 32.0 Å². The van der Waals surface area contributed by atoms with Crippen LogP contribution in [0.2, 0.25) is 0 Å². The van der Waals surface area contributed by atoms with Crippen molar-refractivity contribution < 1.29 is 8.42 Å². The summed E-state index contributed by atoms with van der Waals surface area (Å²) in [6, 6.07) is 28.4. The van der Waals surface area contributed by atoms with Gasteiger partial charge in [-0.2, -0.15) is 5.10 Å². The third kappa shape index (κ3) is 4.46. The van der Waals surface area contributed by atoms with Crippen molar-refractivity contribution in [2.45, 2.75) is 37.6 Å². The summed E-state index contributed by atoms with van der Waals surface area (Å²) in [5.74, 6) is 0. The van der Waals surface area contributed by atoms with E-state index in [0.29, 0.717) is 11.4 Å². The summed E-state index contributed by atoms with van der Waals surface area (Å²) in [6.07, 6.45) is 1.63. The zero-order valence-corrected chi connectivity index (χ0v) is 19.3. The third-order valence-corrected chi connectivity index (χ3v) is 6.97. The maximum atomic E-state index is 14.1. The van der Waals surface area contributed by atoms with Gasteiger partial charge in [0.15, 0.2) is 0 Å². The molecule has 0 bridgehead atoms. The smallest absolute Gasteiger partial charge is 0.262 e. The van der Waals surface area contributed by atoms with Gasteiger partial charge in [-0.1, -0.05) is 87.5 Å². The highest BCUT2D eigenvalue weighted by atomic mass is 32.2. The Morgan fingerprint density at radius 1 is 0.812 bits per heavy atom. The Morgan fingerprint density at radius 2 is 1.34 bits per heavy atom. The van der Waals surface area contributed by atoms with Crippen molar-refractivity contribution in [1.29, 1.82) is 0 Å². The van der Waals surface area contributed by atoms with Crippen LogP contribution in [0.25, 0.3) is 5.69 Å². The third-order valence-electron chi connectivity index (χ3n) is 5.19. The van der Waals surface area contributed by atoms with Crippen LogP contribution in [0, 0.1) is 0 Å². The quantitative estimate of drug-likeness (QED) is 0.390. The molecule has 0 saturated carbocycles. The van der Waals surface area contributed by atoms with Crippen LogP contribution in [0.15, 0.2) is 102 Å². The number of rotatable bonds is 6. The van der Waals surface area contributed by atoms with Gasteiger partial charge >= 0.3 is 0 Å². The van der Waals surface area contributed by atoms with E-state index >= 15 is 0 Å². The first-order valence-corrected chi connectivity index (χ1v) is 12.0. The Labute approximate surface area is 190 Å². The lowest BCUT2D eigenvalue weighted by Crippen LogP contribution is -2.32. The van der Waals surface area contributed by atoms with Crippen molar-refractivity contribution in [3.8, 4) is 5.69 Å². The van der Waals surface area contributed by atoms with Crippen molar-refractivity contribution in [3.63, 3.8) is 0 Å². The fraction of sp³-hybridized carbons (Fsp3) is 0.192. The molecule has 0 amide bonds. The highest BCUT2D eigenvalue weighted by Gasteiger charge is 2.34. The van der Waals surface area contributed by atoms with E-state index in [1.54, 1.807) is 10.9 Å². The fourth-order valence-electron chi connectivity index (χ4n) is 3.56. The van der Waals surface area contributed by atoms with Gasteiger partial charge in [0.05, 0.1) is 29.8 Å². The zero-order chi connectivity index (χ0) is 22.8. The second-order valence-corrected chi connectivity index (χ2v) is 10.5. The fourth-order valence-corrected chi connectivity index (χ4v) is 5.34. The highest BCUT2D eigenvalue weighted by molar-refractivity contribution is 7.92. The van der Waals surface area contributed by atoms with Gasteiger partial charge in [-0.05, 0) is 29.8 Å². The van der Waals surface area contributed by atoms with Crippen LogP contribution >= 0.6 is 0 Å². The molecule has 0 aliphatic heterocycles. The van der Waals surface area contributed by atoms with Crippen LogP contribution < -0.4 is 4.31 Å². The summed E-state index contributed by atoms with van der Waals surface area (Å²) >= 11 is 0. The van der Waals surface area contributed by atoms with Gasteiger partial charge in [0.25, 0.3) is 10.0 Å². The van der Waals surface area contributed by atoms with Crippen LogP contribution in [-0.4, -0.2) is 18.2 Å². The largest absolute Gasteiger partial charge is 0.268 e. The maximum absolute atomic E-state index is 14.1. The van der Waals surface area contributed by atoms with E-state index in [2.05, 4.69) is 0 Å². The molecule has 0 aliphatic rings. The monoisotopic (exact) mass is 445 g/mol. The van der Waals surface area contributed by atoms with Crippen molar-refractivity contribution in [2.75, 3.05) is 4.31 Å². The number of hydrogen-bond acceptors (Lipinski definition) is 3. The number of nitrogens with zero attached hydrogens (tertiary/aromatic N) is 3. The molecule has 0 unspecified atom stereocenters. The van der Waals surface area contributed by atoms with E-state index in [1.165, 1.54) is 4.31 Å². The normalized spacial score (nSPS) is 12.0. The zero-order valence-electron chi connectivity index (χ0n) is 18.5. The van der Waals surface area contributed by atoms with Gasteiger partial charge in [0, 0.05) is 5.41 Å². The van der Waals surface area contributed by atoms with Gasteiger partial charge in [-0.25, -0.2) is 13.1 Å². The minimum absolute atomic E-state index is 0.216. The molecule has 1 heterocycles. The summed E-state index contributed by atoms with van der Waals surface area (Å²) in [5.41, 5.74) is 2.41. The molecule has 0 aliphatic carbocycles. The molecule has 5 nitrogen and oxygen atoms in total. The lowest BCUT2D eigenvalue weighted by Gasteiger charge is -2.26. The lowest BCUT2D eigenvalue weighted by molar-refractivity contribution is 0.541. The van der Waals surface area contributed by atoms with Gasteiger partial charge in [0.1, 0.15) is 4.90 Å². The van der Waals surface area contributed by atoms with Crippen molar-refractivity contribution in [3.05, 3.63) is 108 Å². The molecule has 1 aromatic heterocycles. The molecular weight excluding hydrogens is 418 g/mol. The Kier molecular flexibility index (Phi) is 5.89. The first-order valence-electron chi connectivity index (χ1n) is 10.5. The van der Waals surface area contributed by atoms with Crippen molar-refractivity contribution in [2.24, 2.45) is 0 Å². The average molecular weight is 446 g/mol. The molecular formula is C26H27N3O2S. The molecule has 0 atom stereocenters. The van der Waals surface area contributed by atoms with Crippen LogP contribution in [-0.2, 0) is 22.0 Å². The van der Waals surface area contributed by atoms with E-state index in [4.69, 9.17) is 5.10 Å². The summed E-state index contributed by atoms with van der Waals surface area (Å²) in [6.45, 7) is 6.17. The predicted molar refractivity (Wildman–Crippen MR) is 129 cm³/mol. The number of sulfonamides is 1.